The number of aromatic hydroxyl groups is 1. The molecule has 2 rings (SSSR count). The summed E-state index contributed by atoms with van der Waals surface area (Å²) in [5.74, 6) is 0.772. The molecule has 28 heavy (non-hydrogen) atoms. The van der Waals surface area contributed by atoms with E-state index in [4.69, 9.17) is 0 Å². The number of pyridine rings is 2. The zero-order valence-electron chi connectivity index (χ0n) is 18.5. The Balaban J connectivity index is 2.67. The van der Waals surface area contributed by atoms with Crippen molar-refractivity contribution in [3.05, 3.63) is 46.0 Å². The molecule has 0 spiro atoms. The molecule has 0 saturated heterocycles. The van der Waals surface area contributed by atoms with Gasteiger partial charge in [-0.15, -0.1) is 0 Å². The maximum Gasteiger partial charge on any atom is 0.293 e. The third-order valence-corrected chi connectivity index (χ3v) is 4.77. The van der Waals surface area contributed by atoms with Gasteiger partial charge in [0.25, 0.3) is 5.56 Å². The van der Waals surface area contributed by atoms with Crippen LogP contribution in [0.5, 0.6) is 5.75 Å². The highest BCUT2D eigenvalue weighted by Crippen LogP contribution is 2.29. The normalized spacial score (nSPS) is 12.2. The Morgan fingerprint density at radius 3 is 2.29 bits per heavy atom. The first-order chi connectivity index (χ1) is 13.0. The standard InChI is InChI=1S/C24H36N2O2/c1-16(2)12-19-15-21(27)23(28)26(11-9-24(5,6)7)22(19)18-8-10-25-20(14-18)13-17(3)4/h8,10,14-17,27H,9,11-13H2,1-7H3. The maximum atomic E-state index is 12.9. The monoisotopic (exact) mass is 384 g/mol. The molecule has 0 amide bonds. The fraction of sp³-hybridized carbons (Fsp3) is 0.583. The SMILES string of the molecule is CC(C)Cc1cc(-c2c(CC(C)C)cc(O)c(=O)n2CCC(C)(C)C)ccn1. The number of aromatic nitrogens is 2. The van der Waals surface area contributed by atoms with Crippen LogP contribution in [-0.2, 0) is 19.4 Å². The molecule has 154 valence electrons. The highest BCUT2D eigenvalue weighted by Gasteiger charge is 2.19. The molecule has 4 heteroatoms. The van der Waals surface area contributed by atoms with Gasteiger partial charge in [-0.05, 0) is 60.3 Å². The van der Waals surface area contributed by atoms with Crippen molar-refractivity contribution in [3.63, 3.8) is 0 Å². The Morgan fingerprint density at radius 1 is 1.07 bits per heavy atom. The Bertz CT molecular complexity index is 858. The molecule has 0 fully saturated rings. The summed E-state index contributed by atoms with van der Waals surface area (Å²) in [7, 11) is 0. The quantitative estimate of drug-likeness (QED) is 0.690. The molecule has 0 unspecified atom stereocenters. The second-order valence-corrected chi connectivity index (χ2v) is 9.90. The van der Waals surface area contributed by atoms with Crippen LogP contribution in [0, 0.1) is 17.3 Å². The van der Waals surface area contributed by atoms with E-state index in [0.717, 1.165) is 41.8 Å². The summed E-state index contributed by atoms with van der Waals surface area (Å²) in [5.41, 5.74) is 3.77. The zero-order valence-corrected chi connectivity index (χ0v) is 18.5. The van der Waals surface area contributed by atoms with Crippen LogP contribution in [0.15, 0.2) is 29.2 Å². The van der Waals surface area contributed by atoms with Crippen LogP contribution in [0.3, 0.4) is 0 Å². The molecule has 0 aromatic carbocycles. The van der Waals surface area contributed by atoms with Gasteiger partial charge in [0, 0.05) is 24.0 Å². The summed E-state index contributed by atoms with van der Waals surface area (Å²) in [4.78, 5) is 17.4. The van der Waals surface area contributed by atoms with Crippen LogP contribution in [0.2, 0.25) is 0 Å². The molecule has 0 saturated carbocycles. The summed E-state index contributed by atoms with van der Waals surface area (Å²) >= 11 is 0. The number of nitrogens with zero attached hydrogens (tertiary/aromatic N) is 2. The van der Waals surface area contributed by atoms with Crippen molar-refractivity contribution < 1.29 is 5.11 Å². The van der Waals surface area contributed by atoms with E-state index < -0.39 is 0 Å². The van der Waals surface area contributed by atoms with Crippen LogP contribution >= 0.6 is 0 Å². The topological polar surface area (TPSA) is 55.1 Å². The van der Waals surface area contributed by atoms with Gasteiger partial charge in [0.2, 0.25) is 0 Å². The van der Waals surface area contributed by atoms with E-state index in [2.05, 4.69) is 59.5 Å². The second-order valence-electron chi connectivity index (χ2n) is 9.90. The van der Waals surface area contributed by atoms with Gasteiger partial charge in [-0.2, -0.15) is 0 Å². The zero-order chi connectivity index (χ0) is 21.1. The molecule has 0 aliphatic heterocycles. The largest absolute Gasteiger partial charge is 0.503 e. The first-order valence-electron chi connectivity index (χ1n) is 10.4. The van der Waals surface area contributed by atoms with Crippen molar-refractivity contribution in [1.29, 1.82) is 0 Å². The molecule has 0 radical (unpaired) electrons. The predicted octanol–water partition coefficient (Wildman–Crippen LogP) is 5.45. The van der Waals surface area contributed by atoms with Gasteiger partial charge in [-0.3, -0.25) is 9.78 Å². The van der Waals surface area contributed by atoms with E-state index in [-0.39, 0.29) is 16.7 Å². The fourth-order valence-electron chi connectivity index (χ4n) is 3.46. The molecule has 0 aliphatic carbocycles. The average Bonchev–Trinajstić information content (AvgIpc) is 2.54. The summed E-state index contributed by atoms with van der Waals surface area (Å²) in [6.07, 6.45) is 4.39. The summed E-state index contributed by atoms with van der Waals surface area (Å²) in [5, 5.41) is 10.3. The average molecular weight is 385 g/mol. The molecule has 0 bridgehead atoms. The molecular formula is C24H36N2O2. The van der Waals surface area contributed by atoms with Gasteiger partial charge in [-0.1, -0.05) is 48.5 Å². The van der Waals surface area contributed by atoms with Gasteiger partial charge in [0.1, 0.15) is 0 Å². The van der Waals surface area contributed by atoms with Crippen LogP contribution in [0.25, 0.3) is 11.3 Å². The molecule has 2 aromatic rings. The van der Waals surface area contributed by atoms with Crippen molar-refractivity contribution >= 4 is 0 Å². The molecule has 1 N–H and O–H groups in total. The Labute approximate surface area is 169 Å². The van der Waals surface area contributed by atoms with Crippen molar-refractivity contribution in [2.75, 3.05) is 0 Å². The Hall–Kier alpha value is -2.10. The Morgan fingerprint density at radius 2 is 1.71 bits per heavy atom. The van der Waals surface area contributed by atoms with E-state index in [1.54, 1.807) is 10.6 Å². The lowest BCUT2D eigenvalue weighted by Crippen LogP contribution is -2.25. The molecule has 2 aromatic heterocycles. The van der Waals surface area contributed by atoms with Gasteiger partial charge < -0.3 is 9.67 Å². The highest BCUT2D eigenvalue weighted by molar-refractivity contribution is 5.65. The smallest absolute Gasteiger partial charge is 0.293 e. The first kappa shape index (κ1) is 22.2. The minimum absolute atomic E-state index is 0.0986. The Kier molecular flexibility index (Phi) is 7.08. The molecule has 2 heterocycles. The van der Waals surface area contributed by atoms with Crippen LogP contribution < -0.4 is 5.56 Å². The van der Waals surface area contributed by atoms with E-state index >= 15 is 0 Å². The lowest BCUT2D eigenvalue weighted by Gasteiger charge is -2.23. The summed E-state index contributed by atoms with van der Waals surface area (Å²) in [6, 6.07) is 5.74. The van der Waals surface area contributed by atoms with Gasteiger partial charge in [0.05, 0.1) is 5.69 Å². The van der Waals surface area contributed by atoms with Crippen LogP contribution in [-0.4, -0.2) is 14.7 Å². The molecular weight excluding hydrogens is 348 g/mol. The summed E-state index contributed by atoms with van der Waals surface area (Å²) in [6.45, 7) is 15.8. The van der Waals surface area contributed by atoms with Crippen molar-refractivity contribution in [2.24, 2.45) is 17.3 Å². The third-order valence-electron chi connectivity index (χ3n) is 4.77. The lowest BCUT2D eigenvalue weighted by atomic mass is 9.91. The van der Waals surface area contributed by atoms with Crippen molar-refractivity contribution in [1.82, 2.24) is 9.55 Å². The number of hydrogen-bond acceptors (Lipinski definition) is 3. The van der Waals surface area contributed by atoms with E-state index in [1.807, 2.05) is 12.3 Å². The van der Waals surface area contributed by atoms with Gasteiger partial charge in [-0.25, -0.2) is 0 Å². The minimum Gasteiger partial charge on any atom is -0.503 e. The number of rotatable bonds is 7. The minimum atomic E-state index is -0.311. The second kappa shape index (κ2) is 8.93. The number of hydrogen-bond donors (Lipinski definition) is 1. The van der Waals surface area contributed by atoms with Gasteiger partial charge in [0.15, 0.2) is 5.75 Å². The maximum absolute atomic E-state index is 12.9. The van der Waals surface area contributed by atoms with Crippen LogP contribution in [0.4, 0.5) is 0 Å². The third kappa shape index (κ3) is 5.95. The first-order valence-corrected chi connectivity index (χ1v) is 10.4. The van der Waals surface area contributed by atoms with E-state index in [1.165, 1.54) is 0 Å². The van der Waals surface area contributed by atoms with Crippen molar-refractivity contribution in [3.8, 4) is 17.0 Å². The van der Waals surface area contributed by atoms with E-state index in [9.17, 15) is 9.90 Å². The fourth-order valence-corrected chi connectivity index (χ4v) is 3.46. The highest BCUT2D eigenvalue weighted by atomic mass is 16.3. The predicted molar refractivity (Wildman–Crippen MR) is 117 cm³/mol. The van der Waals surface area contributed by atoms with Crippen LogP contribution in [0.1, 0.15) is 66.1 Å². The lowest BCUT2D eigenvalue weighted by molar-refractivity contribution is 0.345. The molecule has 4 nitrogen and oxygen atoms in total. The molecule has 0 aliphatic rings. The van der Waals surface area contributed by atoms with Crippen molar-refractivity contribution in [2.45, 2.75) is 74.3 Å². The van der Waals surface area contributed by atoms with E-state index in [0.29, 0.717) is 18.4 Å². The van der Waals surface area contributed by atoms with Gasteiger partial charge >= 0.3 is 0 Å². The molecule has 0 atom stereocenters. The summed E-state index contributed by atoms with van der Waals surface area (Å²) < 4.78 is 1.77.